The number of aryl methyl sites for hydroxylation is 1. The third kappa shape index (κ3) is 2.81. The van der Waals surface area contributed by atoms with Gasteiger partial charge < -0.3 is 14.8 Å². The molecule has 1 unspecified atom stereocenters. The van der Waals surface area contributed by atoms with Crippen LogP contribution in [0.15, 0.2) is 72.8 Å². The average molecular weight is 373 g/mol. The van der Waals surface area contributed by atoms with Crippen molar-refractivity contribution >= 4 is 17.6 Å². The maximum atomic E-state index is 12.6. The second-order valence-electron chi connectivity index (χ2n) is 6.64. The molecule has 0 bridgehead atoms. The van der Waals surface area contributed by atoms with Gasteiger partial charge in [0.15, 0.2) is 0 Å². The van der Waals surface area contributed by atoms with E-state index in [0.29, 0.717) is 22.4 Å². The Morgan fingerprint density at radius 1 is 0.964 bits per heavy atom. The standard InChI is InChI=1S/C23H19NO4/c1-15-11-13-16(14-12-15)23(19-9-5-3-7-17(19)22(26)28-23)24-20-10-6-4-8-18(20)21(25)27-2/h3-14,24H,1-2H3. The minimum atomic E-state index is -1.24. The molecule has 0 spiro atoms. The van der Waals surface area contributed by atoms with Crippen LogP contribution >= 0.6 is 0 Å². The van der Waals surface area contributed by atoms with Crippen LogP contribution in [0.4, 0.5) is 5.69 Å². The van der Waals surface area contributed by atoms with Crippen molar-refractivity contribution in [1.29, 1.82) is 0 Å². The molecule has 1 heterocycles. The highest BCUT2D eigenvalue weighted by Gasteiger charge is 2.47. The van der Waals surface area contributed by atoms with Crippen LogP contribution in [-0.2, 0) is 15.2 Å². The van der Waals surface area contributed by atoms with Crippen LogP contribution in [0.25, 0.3) is 0 Å². The topological polar surface area (TPSA) is 64.6 Å². The first-order valence-corrected chi connectivity index (χ1v) is 8.90. The molecule has 0 fully saturated rings. The summed E-state index contributed by atoms with van der Waals surface area (Å²) in [4.78, 5) is 24.9. The molecular weight excluding hydrogens is 354 g/mol. The first-order valence-electron chi connectivity index (χ1n) is 8.90. The van der Waals surface area contributed by atoms with Crippen LogP contribution < -0.4 is 5.32 Å². The molecule has 1 N–H and O–H groups in total. The molecule has 5 nitrogen and oxygen atoms in total. The molecule has 3 aromatic carbocycles. The number of rotatable bonds is 4. The fourth-order valence-corrected chi connectivity index (χ4v) is 3.45. The summed E-state index contributed by atoms with van der Waals surface area (Å²) in [5.74, 6) is -0.890. The third-order valence-corrected chi connectivity index (χ3v) is 4.87. The number of hydrogen-bond acceptors (Lipinski definition) is 5. The molecule has 140 valence electrons. The lowest BCUT2D eigenvalue weighted by Crippen LogP contribution is -2.37. The highest BCUT2D eigenvalue weighted by Crippen LogP contribution is 2.43. The van der Waals surface area contributed by atoms with E-state index in [0.717, 1.165) is 11.1 Å². The number of esters is 2. The van der Waals surface area contributed by atoms with Gasteiger partial charge in [0.1, 0.15) is 0 Å². The predicted molar refractivity (Wildman–Crippen MR) is 105 cm³/mol. The normalized spacial score (nSPS) is 17.6. The molecule has 5 heteroatoms. The van der Waals surface area contributed by atoms with E-state index in [1.54, 1.807) is 36.4 Å². The van der Waals surface area contributed by atoms with Crippen LogP contribution in [0.5, 0.6) is 0 Å². The van der Waals surface area contributed by atoms with E-state index in [1.165, 1.54) is 7.11 Å². The lowest BCUT2D eigenvalue weighted by Gasteiger charge is -2.32. The first kappa shape index (κ1) is 17.8. The number of anilines is 1. The fourth-order valence-electron chi connectivity index (χ4n) is 3.45. The number of carbonyl (C=O) groups is 2. The van der Waals surface area contributed by atoms with Crippen LogP contribution in [0.1, 0.15) is 37.4 Å². The third-order valence-electron chi connectivity index (χ3n) is 4.87. The minimum absolute atomic E-state index is 0.358. The second-order valence-corrected chi connectivity index (χ2v) is 6.64. The highest BCUT2D eigenvalue weighted by molar-refractivity contribution is 5.98. The van der Waals surface area contributed by atoms with Gasteiger partial charge in [-0.3, -0.25) is 0 Å². The SMILES string of the molecule is COC(=O)c1ccccc1NC1(c2ccc(C)cc2)OC(=O)c2ccccc21. The van der Waals surface area contributed by atoms with E-state index in [-0.39, 0.29) is 0 Å². The van der Waals surface area contributed by atoms with Gasteiger partial charge in [0, 0.05) is 11.1 Å². The zero-order chi connectivity index (χ0) is 19.7. The van der Waals surface area contributed by atoms with Gasteiger partial charge in [-0.15, -0.1) is 0 Å². The number of fused-ring (bicyclic) bond motifs is 1. The van der Waals surface area contributed by atoms with Crippen molar-refractivity contribution in [3.63, 3.8) is 0 Å². The number of para-hydroxylation sites is 1. The lowest BCUT2D eigenvalue weighted by atomic mass is 9.91. The molecule has 0 aromatic heterocycles. The fraction of sp³-hybridized carbons (Fsp3) is 0.130. The van der Waals surface area contributed by atoms with Crippen molar-refractivity contribution in [3.8, 4) is 0 Å². The largest absolute Gasteiger partial charge is 0.465 e. The van der Waals surface area contributed by atoms with E-state index in [4.69, 9.17) is 9.47 Å². The lowest BCUT2D eigenvalue weighted by molar-refractivity contribution is 0.0212. The Balaban J connectivity index is 1.91. The van der Waals surface area contributed by atoms with Gasteiger partial charge in [0.2, 0.25) is 5.72 Å². The summed E-state index contributed by atoms with van der Waals surface area (Å²) in [6.07, 6.45) is 0. The smallest absolute Gasteiger partial charge is 0.341 e. The Labute approximate surface area is 162 Å². The molecule has 0 saturated carbocycles. The van der Waals surface area contributed by atoms with E-state index < -0.39 is 17.7 Å². The maximum absolute atomic E-state index is 12.6. The van der Waals surface area contributed by atoms with Crippen LogP contribution in [0.3, 0.4) is 0 Å². The van der Waals surface area contributed by atoms with Gasteiger partial charge in [0.25, 0.3) is 0 Å². The van der Waals surface area contributed by atoms with Crippen molar-refractivity contribution in [2.75, 3.05) is 12.4 Å². The van der Waals surface area contributed by atoms with Crippen LogP contribution in [-0.4, -0.2) is 19.0 Å². The molecule has 1 aliphatic heterocycles. The van der Waals surface area contributed by atoms with Gasteiger partial charge in [-0.1, -0.05) is 60.2 Å². The monoisotopic (exact) mass is 373 g/mol. The predicted octanol–water partition coefficient (Wildman–Crippen LogP) is 4.27. The van der Waals surface area contributed by atoms with Gasteiger partial charge >= 0.3 is 11.9 Å². The number of ether oxygens (including phenoxy) is 2. The second kappa shape index (κ2) is 6.85. The summed E-state index contributed by atoms with van der Waals surface area (Å²) in [5, 5.41) is 3.32. The molecule has 0 amide bonds. The first-order chi connectivity index (χ1) is 13.5. The van der Waals surface area contributed by atoms with Crippen molar-refractivity contribution in [1.82, 2.24) is 0 Å². The summed E-state index contributed by atoms with van der Waals surface area (Å²) < 4.78 is 10.8. The summed E-state index contributed by atoms with van der Waals surface area (Å²) in [7, 11) is 1.33. The molecule has 1 atom stereocenters. The minimum Gasteiger partial charge on any atom is -0.465 e. The highest BCUT2D eigenvalue weighted by atomic mass is 16.6. The van der Waals surface area contributed by atoms with Gasteiger partial charge in [0.05, 0.1) is 23.9 Å². The van der Waals surface area contributed by atoms with E-state index in [9.17, 15) is 9.59 Å². The van der Waals surface area contributed by atoms with E-state index in [1.807, 2.05) is 43.3 Å². The quantitative estimate of drug-likeness (QED) is 0.692. The van der Waals surface area contributed by atoms with Crippen molar-refractivity contribution in [2.24, 2.45) is 0 Å². The number of cyclic esters (lactones) is 1. The Kier molecular flexibility index (Phi) is 4.35. The van der Waals surface area contributed by atoms with E-state index >= 15 is 0 Å². The van der Waals surface area contributed by atoms with Crippen molar-refractivity contribution in [3.05, 3.63) is 101 Å². The number of methoxy groups -OCH3 is 1. The Morgan fingerprint density at radius 3 is 2.39 bits per heavy atom. The van der Waals surface area contributed by atoms with Crippen molar-refractivity contribution < 1.29 is 19.1 Å². The zero-order valence-electron chi connectivity index (χ0n) is 15.6. The Hall–Kier alpha value is -3.60. The number of benzene rings is 3. The van der Waals surface area contributed by atoms with Crippen LogP contribution in [0.2, 0.25) is 0 Å². The number of hydrogen-bond donors (Lipinski definition) is 1. The van der Waals surface area contributed by atoms with Crippen LogP contribution in [0, 0.1) is 6.92 Å². The molecule has 1 aliphatic rings. The van der Waals surface area contributed by atoms with Crippen molar-refractivity contribution in [2.45, 2.75) is 12.6 Å². The zero-order valence-corrected chi connectivity index (χ0v) is 15.6. The molecule has 0 radical (unpaired) electrons. The summed E-state index contributed by atoms with van der Waals surface area (Å²) >= 11 is 0. The number of nitrogens with one attached hydrogen (secondary N) is 1. The van der Waals surface area contributed by atoms with Gasteiger partial charge in [-0.2, -0.15) is 0 Å². The Bertz CT molecular complexity index is 1060. The molecular formula is C23H19NO4. The molecule has 3 aromatic rings. The Morgan fingerprint density at radius 2 is 1.64 bits per heavy atom. The maximum Gasteiger partial charge on any atom is 0.341 e. The average Bonchev–Trinajstić information content (AvgIpc) is 3.01. The molecule has 28 heavy (non-hydrogen) atoms. The molecule has 0 saturated heterocycles. The summed E-state index contributed by atoms with van der Waals surface area (Å²) in [5.41, 5.74) is 2.67. The molecule has 4 rings (SSSR count). The van der Waals surface area contributed by atoms with E-state index in [2.05, 4.69) is 5.32 Å². The molecule has 0 aliphatic carbocycles. The summed E-state index contributed by atoms with van der Waals surface area (Å²) in [6.45, 7) is 1.99. The van der Waals surface area contributed by atoms with Gasteiger partial charge in [-0.05, 0) is 25.1 Å². The van der Waals surface area contributed by atoms with Gasteiger partial charge in [-0.25, -0.2) is 9.59 Å². The number of carbonyl (C=O) groups excluding carboxylic acids is 2. The summed E-state index contributed by atoms with van der Waals surface area (Å²) in [6, 6.07) is 22.0.